The second-order valence-corrected chi connectivity index (χ2v) is 3.93. The minimum atomic E-state index is 0.0536. The SMILES string of the molecule is COCC(=O)N(C)C1CCCC1CN. The second kappa shape index (κ2) is 5.32. The Hall–Kier alpha value is -0.610. The van der Waals surface area contributed by atoms with Crippen LogP contribution in [0.4, 0.5) is 0 Å². The number of hydrogen-bond donors (Lipinski definition) is 1. The number of hydrogen-bond acceptors (Lipinski definition) is 3. The molecule has 2 atom stereocenters. The van der Waals surface area contributed by atoms with Crippen LogP contribution in [0.3, 0.4) is 0 Å². The summed E-state index contributed by atoms with van der Waals surface area (Å²) in [6.45, 7) is 0.847. The zero-order valence-electron chi connectivity index (χ0n) is 9.03. The lowest BCUT2D eigenvalue weighted by Crippen LogP contribution is -2.42. The van der Waals surface area contributed by atoms with Gasteiger partial charge in [-0.15, -0.1) is 0 Å². The molecule has 0 aliphatic heterocycles. The number of methoxy groups -OCH3 is 1. The summed E-state index contributed by atoms with van der Waals surface area (Å²) in [7, 11) is 3.39. The largest absolute Gasteiger partial charge is 0.375 e. The van der Waals surface area contributed by atoms with Crippen LogP contribution in [0, 0.1) is 5.92 Å². The lowest BCUT2D eigenvalue weighted by molar-refractivity contribution is -0.136. The first-order chi connectivity index (χ1) is 6.70. The maximum absolute atomic E-state index is 11.6. The van der Waals surface area contributed by atoms with Crippen molar-refractivity contribution in [2.45, 2.75) is 25.3 Å². The molecule has 1 aliphatic rings. The lowest BCUT2D eigenvalue weighted by Gasteiger charge is -2.28. The Kier molecular flexibility index (Phi) is 4.35. The third-order valence-corrected chi connectivity index (χ3v) is 3.08. The van der Waals surface area contributed by atoms with Crippen molar-refractivity contribution >= 4 is 5.91 Å². The highest BCUT2D eigenvalue weighted by atomic mass is 16.5. The van der Waals surface area contributed by atoms with E-state index in [1.165, 1.54) is 6.42 Å². The Labute approximate surface area is 85.4 Å². The molecule has 0 spiro atoms. The van der Waals surface area contributed by atoms with Crippen molar-refractivity contribution in [1.82, 2.24) is 4.90 Å². The van der Waals surface area contributed by atoms with Crippen LogP contribution in [0.1, 0.15) is 19.3 Å². The number of ether oxygens (including phenoxy) is 1. The zero-order chi connectivity index (χ0) is 10.6. The number of rotatable bonds is 4. The van der Waals surface area contributed by atoms with Gasteiger partial charge in [0.15, 0.2) is 0 Å². The van der Waals surface area contributed by atoms with Crippen molar-refractivity contribution in [3.05, 3.63) is 0 Å². The summed E-state index contributed by atoms with van der Waals surface area (Å²) in [5.41, 5.74) is 5.67. The van der Waals surface area contributed by atoms with Crippen LogP contribution in [0.25, 0.3) is 0 Å². The van der Waals surface area contributed by atoms with Gasteiger partial charge in [0.1, 0.15) is 6.61 Å². The Balaban J connectivity index is 2.50. The van der Waals surface area contributed by atoms with E-state index >= 15 is 0 Å². The van der Waals surface area contributed by atoms with Crippen molar-refractivity contribution < 1.29 is 9.53 Å². The summed E-state index contributed by atoms with van der Waals surface area (Å²) in [5.74, 6) is 0.527. The molecule has 2 unspecified atom stereocenters. The number of nitrogens with zero attached hydrogens (tertiary/aromatic N) is 1. The number of nitrogens with two attached hydrogens (primary N) is 1. The molecular weight excluding hydrogens is 180 g/mol. The molecule has 82 valence electrons. The highest BCUT2D eigenvalue weighted by Crippen LogP contribution is 2.28. The monoisotopic (exact) mass is 200 g/mol. The number of carbonyl (C=O) groups is 1. The van der Waals surface area contributed by atoms with Gasteiger partial charge in [-0.1, -0.05) is 6.42 Å². The van der Waals surface area contributed by atoms with E-state index in [1.807, 2.05) is 7.05 Å². The van der Waals surface area contributed by atoms with Gasteiger partial charge in [0, 0.05) is 20.2 Å². The molecule has 0 aromatic heterocycles. The zero-order valence-corrected chi connectivity index (χ0v) is 9.03. The topological polar surface area (TPSA) is 55.6 Å². The Morgan fingerprint density at radius 3 is 2.86 bits per heavy atom. The standard InChI is InChI=1S/C10H20N2O2/c1-12(10(13)7-14-2)9-5-3-4-8(9)6-11/h8-9H,3-7,11H2,1-2H3. The van der Waals surface area contributed by atoms with Crippen molar-refractivity contribution in [2.24, 2.45) is 11.7 Å². The predicted molar refractivity (Wildman–Crippen MR) is 54.8 cm³/mol. The van der Waals surface area contributed by atoms with E-state index in [-0.39, 0.29) is 12.5 Å². The van der Waals surface area contributed by atoms with Crippen molar-refractivity contribution in [1.29, 1.82) is 0 Å². The van der Waals surface area contributed by atoms with Crippen LogP contribution in [-0.2, 0) is 9.53 Å². The van der Waals surface area contributed by atoms with Gasteiger partial charge in [0.25, 0.3) is 0 Å². The van der Waals surface area contributed by atoms with Crippen LogP contribution in [0.5, 0.6) is 0 Å². The van der Waals surface area contributed by atoms with Gasteiger partial charge in [-0.25, -0.2) is 0 Å². The summed E-state index contributed by atoms with van der Waals surface area (Å²) in [6.07, 6.45) is 3.40. The van der Waals surface area contributed by atoms with E-state index in [0.717, 1.165) is 12.8 Å². The van der Waals surface area contributed by atoms with Gasteiger partial charge in [-0.05, 0) is 25.3 Å². The molecule has 1 aliphatic carbocycles. The molecule has 0 saturated heterocycles. The Bertz CT molecular complexity index is 197. The van der Waals surface area contributed by atoms with Crippen molar-refractivity contribution in [3.8, 4) is 0 Å². The molecule has 1 amide bonds. The summed E-state index contributed by atoms with van der Waals surface area (Å²) in [4.78, 5) is 13.4. The minimum absolute atomic E-state index is 0.0536. The maximum atomic E-state index is 11.6. The second-order valence-electron chi connectivity index (χ2n) is 3.93. The summed E-state index contributed by atoms with van der Waals surface area (Å²) in [6, 6.07) is 0.322. The summed E-state index contributed by atoms with van der Waals surface area (Å²) in [5, 5.41) is 0. The fourth-order valence-electron chi connectivity index (χ4n) is 2.21. The van der Waals surface area contributed by atoms with Gasteiger partial charge in [-0.3, -0.25) is 4.79 Å². The third kappa shape index (κ3) is 2.45. The average molecular weight is 200 g/mol. The Morgan fingerprint density at radius 2 is 2.29 bits per heavy atom. The van der Waals surface area contributed by atoms with Crippen LogP contribution >= 0.6 is 0 Å². The smallest absolute Gasteiger partial charge is 0.248 e. The van der Waals surface area contributed by atoms with Gasteiger partial charge in [-0.2, -0.15) is 0 Å². The molecule has 4 heteroatoms. The van der Waals surface area contributed by atoms with Crippen molar-refractivity contribution in [2.75, 3.05) is 27.3 Å². The van der Waals surface area contributed by atoms with E-state index < -0.39 is 0 Å². The molecule has 0 aromatic rings. The van der Waals surface area contributed by atoms with Crippen LogP contribution in [-0.4, -0.2) is 44.2 Å². The quantitative estimate of drug-likeness (QED) is 0.706. The highest BCUT2D eigenvalue weighted by Gasteiger charge is 2.31. The molecule has 1 saturated carbocycles. The van der Waals surface area contributed by atoms with Crippen LogP contribution < -0.4 is 5.73 Å². The number of carbonyl (C=O) groups excluding carboxylic acids is 1. The fraction of sp³-hybridized carbons (Fsp3) is 0.900. The normalized spacial score (nSPS) is 26.5. The highest BCUT2D eigenvalue weighted by molar-refractivity contribution is 5.77. The minimum Gasteiger partial charge on any atom is -0.375 e. The first-order valence-corrected chi connectivity index (χ1v) is 5.15. The van der Waals surface area contributed by atoms with Gasteiger partial charge < -0.3 is 15.4 Å². The molecule has 1 fully saturated rings. The first kappa shape index (κ1) is 11.5. The van der Waals surface area contributed by atoms with E-state index in [4.69, 9.17) is 10.5 Å². The molecule has 0 heterocycles. The molecule has 0 bridgehead atoms. The number of amides is 1. The van der Waals surface area contributed by atoms with Gasteiger partial charge >= 0.3 is 0 Å². The van der Waals surface area contributed by atoms with Gasteiger partial charge in [0.2, 0.25) is 5.91 Å². The van der Waals surface area contributed by atoms with E-state index in [2.05, 4.69) is 0 Å². The number of likely N-dealkylation sites (N-methyl/N-ethyl adjacent to an activating group) is 1. The first-order valence-electron chi connectivity index (χ1n) is 5.15. The predicted octanol–water partition coefficient (Wildman–Crippen LogP) is 0.219. The molecule has 4 nitrogen and oxygen atoms in total. The average Bonchev–Trinajstić information content (AvgIpc) is 2.64. The lowest BCUT2D eigenvalue weighted by atomic mass is 10.0. The van der Waals surface area contributed by atoms with Crippen LogP contribution in [0.2, 0.25) is 0 Å². The van der Waals surface area contributed by atoms with Gasteiger partial charge in [0.05, 0.1) is 0 Å². The molecule has 2 N–H and O–H groups in total. The maximum Gasteiger partial charge on any atom is 0.248 e. The fourth-order valence-corrected chi connectivity index (χ4v) is 2.21. The van der Waals surface area contributed by atoms with E-state index in [0.29, 0.717) is 18.5 Å². The van der Waals surface area contributed by atoms with E-state index in [1.54, 1.807) is 12.0 Å². The molecule has 0 radical (unpaired) electrons. The molecular formula is C10H20N2O2. The molecule has 1 rings (SSSR count). The molecule has 14 heavy (non-hydrogen) atoms. The molecule has 0 aromatic carbocycles. The third-order valence-electron chi connectivity index (χ3n) is 3.08. The van der Waals surface area contributed by atoms with Crippen molar-refractivity contribution in [3.63, 3.8) is 0 Å². The Morgan fingerprint density at radius 1 is 1.57 bits per heavy atom. The summed E-state index contributed by atoms with van der Waals surface area (Å²) < 4.78 is 4.83. The van der Waals surface area contributed by atoms with Crippen LogP contribution in [0.15, 0.2) is 0 Å². The summed E-state index contributed by atoms with van der Waals surface area (Å²) >= 11 is 0. The van der Waals surface area contributed by atoms with E-state index in [9.17, 15) is 4.79 Å².